The third-order valence-corrected chi connectivity index (χ3v) is 3.43. The first-order chi connectivity index (χ1) is 12.1. The van der Waals surface area contributed by atoms with Crippen LogP contribution in [0.5, 0.6) is 0 Å². The first-order valence-corrected chi connectivity index (χ1v) is 7.83. The van der Waals surface area contributed by atoms with Crippen LogP contribution >= 0.6 is 0 Å². The summed E-state index contributed by atoms with van der Waals surface area (Å²) in [4.78, 5) is 13.0. The summed E-state index contributed by atoms with van der Waals surface area (Å²) in [5, 5.41) is 15.3. The molecule has 0 saturated heterocycles. The van der Waals surface area contributed by atoms with Crippen molar-refractivity contribution >= 4 is 17.5 Å². The van der Waals surface area contributed by atoms with Gasteiger partial charge in [-0.25, -0.2) is 9.37 Å². The van der Waals surface area contributed by atoms with Crippen LogP contribution in [0.1, 0.15) is 6.92 Å². The second-order valence-electron chi connectivity index (χ2n) is 5.57. The summed E-state index contributed by atoms with van der Waals surface area (Å²) in [6, 6.07) is 11.4. The van der Waals surface area contributed by atoms with Gasteiger partial charge in [-0.3, -0.25) is 4.98 Å². The number of rotatable bonds is 6. The van der Waals surface area contributed by atoms with E-state index in [9.17, 15) is 9.50 Å². The van der Waals surface area contributed by atoms with E-state index in [1.165, 1.54) is 12.1 Å². The monoisotopic (exact) mass is 339 g/mol. The number of aliphatic hydroxyl groups is 1. The average molecular weight is 339 g/mol. The van der Waals surface area contributed by atoms with Crippen molar-refractivity contribution in [2.24, 2.45) is 0 Å². The lowest BCUT2D eigenvalue weighted by Crippen LogP contribution is -2.21. The zero-order chi connectivity index (χ0) is 17.6. The van der Waals surface area contributed by atoms with Gasteiger partial charge in [-0.05, 0) is 37.3 Å². The fraction of sp³-hybridized carbons (Fsp3) is 0.167. The molecule has 7 heteroatoms. The van der Waals surface area contributed by atoms with E-state index in [0.717, 1.165) is 5.56 Å². The molecule has 0 saturated carbocycles. The number of nitrogens with zero attached hydrogens (tertiary/aromatic N) is 3. The minimum absolute atomic E-state index is 0.0485. The number of halogens is 1. The molecule has 0 aliphatic heterocycles. The van der Waals surface area contributed by atoms with Crippen LogP contribution < -0.4 is 10.6 Å². The number of hydrogen-bond donors (Lipinski definition) is 3. The predicted molar refractivity (Wildman–Crippen MR) is 95.1 cm³/mol. The van der Waals surface area contributed by atoms with Crippen LogP contribution in [0.4, 0.5) is 21.8 Å². The highest BCUT2D eigenvalue weighted by Gasteiger charge is 2.10. The van der Waals surface area contributed by atoms with Crippen LogP contribution in [-0.2, 0) is 0 Å². The molecule has 3 aromatic rings. The first kappa shape index (κ1) is 16.8. The van der Waals surface area contributed by atoms with Crippen LogP contribution in [0.2, 0.25) is 0 Å². The summed E-state index contributed by atoms with van der Waals surface area (Å²) in [7, 11) is 0. The molecule has 2 aromatic heterocycles. The Kier molecular flexibility index (Phi) is 5.15. The third-order valence-electron chi connectivity index (χ3n) is 3.43. The number of benzene rings is 1. The van der Waals surface area contributed by atoms with Gasteiger partial charge in [0, 0.05) is 35.8 Å². The van der Waals surface area contributed by atoms with Gasteiger partial charge < -0.3 is 15.7 Å². The standard InChI is InChI=1S/C18H18FN5O/c1-12(11-25)21-18-23-16(13-4-3-7-20-10-13)9-17(24-18)22-15-6-2-5-14(19)8-15/h2-10,12,25H,11H2,1H3,(H2,21,22,23,24)/t12-/m1/s1. The fourth-order valence-electron chi connectivity index (χ4n) is 2.22. The van der Waals surface area contributed by atoms with Crippen molar-refractivity contribution in [3.63, 3.8) is 0 Å². The molecule has 2 heterocycles. The van der Waals surface area contributed by atoms with Crippen LogP contribution in [-0.4, -0.2) is 32.7 Å². The van der Waals surface area contributed by atoms with E-state index < -0.39 is 0 Å². The molecule has 0 amide bonds. The van der Waals surface area contributed by atoms with Crippen LogP contribution in [0.15, 0.2) is 54.9 Å². The van der Waals surface area contributed by atoms with Gasteiger partial charge in [0.05, 0.1) is 12.3 Å². The zero-order valence-electron chi connectivity index (χ0n) is 13.6. The summed E-state index contributed by atoms with van der Waals surface area (Å²) < 4.78 is 13.4. The Bertz CT molecular complexity index is 844. The normalized spacial score (nSPS) is 11.8. The SMILES string of the molecule is C[C@H](CO)Nc1nc(Nc2cccc(F)c2)cc(-c2cccnc2)n1. The summed E-state index contributed by atoms with van der Waals surface area (Å²) >= 11 is 0. The van der Waals surface area contributed by atoms with E-state index in [-0.39, 0.29) is 18.5 Å². The van der Waals surface area contributed by atoms with Crippen LogP contribution in [0, 0.1) is 5.82 Å². The molecule has 1 atom stereocenters. The van der Waals surface area contributed by atoms with Crippen molar-refractivity contribution in [3.05, 3.63) is 60.7 Å². The van der Waals surface area contributed by atoms with Crippen LogP contribution in [0.25, 0.3) is 11.3 Å². The molecule has 1 aromatic carbocycles. The third kappa shape index (κ3) is 4.48. The minimum Gasteiger partial charge on any atom is -0.394 e. The van der Waals surface area contributed by atoms with Crippen molar-refractivity contribution < 1.29 is 9.50 Å². The molecule has 6 nitrogen and oxygen atoms in total. The number of aliphatic hydroxyl groups excluding tert-OH is 1. The molecule has 128 valence electrons. The molecule has 0 aliphatic carbocycles. The van der Waals surface area contributed by atoms with E-state index in [0.29, 0.717) is 23.1 Å². The van der Waals surface area contributed by atoms with Gasteiger partial charge in [0.2, 0.25) is 5.95 Å². The molecule has 0 radical (unpaired) electrons. The highest BCUT2D eigenvalue weighted by atomic mass is 19.1. The smallest absolute Gasteiger partial charge is 0.225 e. The Morgan fingerprint density at radius 1 is 1.16 bits per heavy atom. The van der Waals surface area contributed by atoms with Crippen molar-refractivity contribution in [1.29, 1.82) is 0 Å². The molecular weight excluding hydrogens is 321 g/mol. The Morgan fingerprint density at radius 2 is 2.04 bits per heavy atom. The van der Waals surface area contributed by atoms with Gasteiger partial charge in [-0.1, -0.05) is 6.07 Å². The molecule has 0 fully saturated rings. The van der Waals surface area contributed by atoms with Crippen molar-refractivity contribution in [2.75, 3.05) is 17.2 Å². The minimum atomic E-state index is -0.334. The summed E-state index contributed by atoms with van der Waals surface area (Å²) in [6.07, 6.45) is 3.39. The van der Waals surface area contributed by atoms with E-state index in [1.54, 1.807) is 30.6 Å². The molecule has 25 heavy (non-hydrogen) atoms. The summed E-state index contributed by atoms with van der Waals surface area (Å²) in [5.74, 6) is 0.535. The summed E-state index contributed by atoms with van der Waals surface area (Å²) in [6.45, 7) is 1.77. The molecule has 3 rings (SSSR count). The van der Waals surface area contributed by atoms with Crippen molar-refractivity contribution in [1.82, 2.24) is 15.0 Å². The molecule has 0 aliphatic rings. The van der Waals surface area contributed by atoms with E-state index in [1.807, 2.05) is 19.1 Å². The predicted octanol–water partition coefficient (Wildman–Crippen LogP) is 3.21. The van der Waals surface area contributed by atoms with Crippen molar-refractivity contribution in [3.8, 4) is 11.3 Å². The second kappa shape index (κ2) is 7.67. The zero-order valence-corrected chi connectivity index (χ0v) is 13.6. The maximum atomic E-state index is 13.4. The largest absolute Gasteiger partial charge is 0.394 e. The molecule has 3 N–H and O–H groups in total. The Labute approximate surface area is 144 Å². The van der Waals surface area contributed by atoms with E-state index >= 15 is 0 Å². The number of anilines is 3. The molecule has 0 spiro atoms. The fourth-order valence-corrected chi connectivity index (χ4v) is 2.22. The van der Waals surface area contributed by atoms with Gasteiger partial charge in [-0.15, -0.1) is 0 Å². The highest BCUT2D eigenvalue weighted by molar-refractivity contribution is 5.66. The van der Waals surface area contributed by atoms with Crippen molar-refractivity contribution in [2.45, 2.75) is 13.0 Å². The quantitative estimate of drug-likeness (QED) is 0.640. The number of aromatic nitrogens is 3. The van der Waals surface area contributed by atoms with Gasteiger partial charge >= 0.3 is 0 Å². The first-order valence-electron chi connectivity index (χ1n) is 7.83. The average Bonchev–Trinajstić information content (AvgIpc) is 2.62. The topological polar surface area (TPSA) is 83.0 Å². The maximum Gasteiger partial charge on any atom is 0.225 e. The van der Waals surface area contributed by atoms with Gasteiger partial charge in [0.25, 0.3) is 0 Å². The number of pyridine rings is 1. The Hall–Kier alpha value is -3.06. The molecule has 0 bridgehead atoms. The Morgan fingerprint density at radius 3 is 2.76 bits per heavy atom. The van der Waals surface area contributed by atoms with E-state index in [4.69, 9.17) is 0 Å². The van der Waals surface area contributed by atoms with Crippen LogP contribution in [0.3, 0.4) is 0 Å². The molecule has 0 unspecified atom stereocenters. The van der Waals surface area contributed by atoms with Gasteiger partial charge in [0.15, 0.2) is 0 Å². The Balaban J connectivity index is 1.97. The summed E-state index contributed by atoms with van der Waals surface area (Å²) in [5.41, 5.74) is 2.07. The lowest BCUT2D eigenvalue weighted by atomic mass is 10.2. The second-order valence-corrected chi connectivity index (χ2v) is 5.57. The highest BCUT2D eigenvalue weighted by Crippen LogP contribution is 2.23. The number of hydrogen-bond acceptors (Lipinski definition) is 6. The molecular formula is C18H18FN5O. The number of nitrogens with one attached hydrogen (secondary N) is 2. The lowest BCUT2D eigenvalue weighted by molar-refractivity contribution is 0.281. The lowest BCUT2D eigenvalue weighted by Gasteiger charge is -2.14. The van der Waals surface area contributed by atoms with E-state index in [2.05, 4.69) is 25.6 Å². The van der Waals surface area contributed by atoms with Gasteiger partial charge in [-0.2, -0.15) is 4.98 Å². The van der Waals surface area contributed by atoms with Gasteiger partial charge in [0.1, 0.15) is 11.6 Å². The maximum absolute atomic E-state index is 13.4.